The van der Waals surface area contributed by atoms with Gasteiger partial charge >= 0.3 is 6.03 Å². The average Bonchev–Trinajstić information content (AvgIpc) is 3.21. The highest BCUT2D eigenvalue weighted by molar-refractivity contribution is 5.89. The van der Waals surface area contributed by atoms with Gasteiger partial charge in [-0.2, -0.15) is 4.68 Å². The fourth-order valence-corrected chi connectivity index (χ4v) is 2.62. The van der Waals surface area contributed by atoms with Crippen molar-refractivity contribution >= 4 is 11.7 Å². The maximum Gasteiger partial charge on any atom is 0.319 e. The molecule has 0 aliphatic heterocycles. The van der Waals surface area contributed by atoms with Crippen LogP contribution in [0.2, 0.25) is 0 Å². The number of anilines is 1. The standard InChI is InChI=1S/C19H22N6O4/c1-4-29-15-8-6-14(7-9-15)25-18(22-23-24-25)12-20-19(26)21-13-5-10-16(27-2)17(11-13)28-3/h5-11H,4,12H2,1-3H3,(H2,20,21,26). The van der Waals surface area contributed by atoms with Crippen LogP contribution in [0.3, 0.4) is 0 Å². The SMILES string of the molecule is CCOc1ccc(-n2nnnc2CNC(=O)Nc2ccc(OC)c(OC)c2)cc1. The van der Waals surface area contributed by atoms with Gasteiger partial charge in [-0.1, -0.05) is 0 Å². The predicted molar refractivity (Wildman–Crippen MR) is 106 cm³/mol. The smallest absolute Gasteiger partial charge is 0.319 e. The third kappa shape index (κ3) is 4.92. The zero-order valence-electron chi connectivity index (χ0n) is 16.4. The summed E-state index contributed by atoms with van der Waals surface area (Å²) in [6, 6.07) is 12.0. The number of rotatable bonds is 8. The molecule has 1 aromatic heterocycles. The van der Waals surface area contributed by atoms with Crippen LogP contribution in [0.5, 0.6) is 17.2 Å². The van der Waals surface area contributed by atoms with Gasteiger partial charge in [-0.3, -0.25) is 0 Å². The molecule has 0 bridgehead atoms. The summed E-state index contributed by atoms with van der Waals surface area (Å²) in [5.41, 5.74) is 1.32. The lowest BCUT2D eigenvalue weighted by Crippen LogP contribution is -2.29. The number of aromatic nitrogens is 4. The van der Waals surface area contributed by atoms with Gasteiger partial charge in [0, 0.05) is 11.8 Å². The minimum atomic E-state index is -0.404. The van der Waals surface area contributed by atoms with Crippen molar-refractivity contribution in [3.63, 3.8) is 0 Å². The van der Waals surface area contributed by atoms with E-state index in [0.29, 0.717) is 29.6 Å². The topological polar surface area (TPSA) is 112 Å². The van der Waals surface area contributed by atoms with Crippen LogP contribution in [0.1, 0.15) is 12.7 Å². The van der Waals surface area contributed by atoms with Gasteiger partial charge in [0.2, 0.25) is 0 Å². The van der Waals surface area contributed by atoms with Gasteiger partial charge in [-0.25, -0.2) is 4.79 Å². The number of ether oxygens (including phenoxy) is 3. The molecule has 3 rings (SSSR count). The van der Waals surface area contributed by atoms with Crippen molar-refractivity contribution < 1.29 is 19.0 Å². The molecule has 0 aliphatic rings. The normalized spacial score (nSPS) is 10.3. The first-order valence-electron chi connectivity index (χ1n) is 8.92. The fourth-order valence-electron chi connectivity index (χ4n) is 2.62. The van der Waals surface area contributed by atoms with Gasteiger partial charge in [0.1, 0.15) is 5.75 Å². The van der Waals surface area contributed by atoms with E-state index >= 15 is 0 Å². The van der Waals surface area contributed by atoms with Gasteiger partial charge in [0.05, 0.1) is 33.1 Å². The molecular weight excluding hydrogens is 376 g/mol. The first kappa shape index (κ1) is 19.9. The molecule has 10 nitrogen and oxygen atoms in total. The molecule has 2 amide bonds. The van der Waals surface area contributed by atoms with Crippen molar-refractivity contribution in [1.82, 2.24) is 25.5 Å². The molecule has 0 aliphatic carbocycles. The van der Waals surface area contributed by atoms with E-state index in [9.17, 15) is 4.79 Å². The third-order valence-corrected chi connectivity index (χ3v) is 3.97. The number of carbonyl (C=O) groups is 1. The Hall–Kier alpha value is -3.82. The number of nitrogens with one attached hydrogen (secondary N) is 2. The van der Waals surface area contributed by atoms with Crippen LogP contribution in [-0.2, 0) is 6.54 Å². The molecule has 0 atom stereocenters. The number of carbonyl (C=O) groups excluding carboxylic acids is 1. The molecule has 29 heavy (non-hydrogen) atoms. The summed E-state index contributed by atoms with van der Waals surface area (Å²) in [5, 5.41) is 17.1. The lowest BCUT2D eigenvalue weighted by Gasteiger charge is -2.11. The third-order valence-electron chi connectivity index (χ3n) is 3.97. The molecule has 152 valence electrons. The fraction of sp³-hybridized carbons (Fsp3) is 0.263. The summed E-state index contributed by atoms with van der Waals surface area (Å²) in [6.45, 7) is 2.65. The van der Waals surface area contributed by atoms with Crippen molar-refractivity contribution in [2.45, 2.75) is 13.5 Å². The quantitative estimate of drug-likeness (QED) is 0.599. The van der Waals surface area contributed by atoms with E-state index in [-0.39, 0.29) is 6.54 Å². The molecule has 0 unspecified atom stereocenters. The lowest BCUT2D eigenvalue weighted by atomic mass is 10.3. The van der Waals surface area contributed by atoms with Crippen LogP contribution < -0.4 is 24.8 Å². The Balaban J connectivity index is 1.62. The van der Waals surface area contributed by atoms with E-state index in [2.05, 4.69) is 26.2 Å². The minimum Gasteiger partial charge on any atom is -0.494 e. The van der Waals surface area contributed by atoms with Crippen LogP contribution in [0, 0.1) is 0 Å². The van der Waals surface area contributed by atoms with E-state index < -0.39 is 6.03 Å². The van der Waals surface area contributed by atoms with E-state index in [1.807, 2.05) is 31.2 Å². The van der Waals surface area contributed by atoms with Gasteiger partial charge in [-0.15, -0.1) is 5.10 Å². The second kappa shape index (κ2) is 9.40. The number of methoxy groups -OCH3 is 2. The Bertz CT molecular complexity index is 958. The van der Waals surface area contributed by atoms with Crippen molar-refractivity contribution in [1.29, 1.82) is 0 Å². The molecule has 0 saturated heterocycles. The molecule has 0 radical (unpaired) electrons. The van der Waals surface area contributed by atoms with Gasteiger partial charge in [-0.05, 0) is 53.7 Å². The second-order valence-electron chi connectivity index (χ2n) is 5.81. The number of nitrogens with zero attached hydrogens (tertiary/aromatic N) is 4. The largest absolute Gasteiger partial charge is 0.494 e. The molecular formula is C19H22N6O4. The number of amides is 2. The number of urea groups is 1. The summed E-state index contributed by atoms with van der Waals surface area (Å²) in [7, 11) is 3.08. The number of hydrogen-bond acceptors (Lipinski definition) is 7. The Morgan fingerprint density at radius 3 is 2.52 bits per heavy atom. The van der Waals surface area contributed by atoms with Crippen LogP contribution in [0.4, 0.5) is 10.5 Å². The first-order valence-corrected chi connectivity index (χ1v) is 8.92. The summed E-state index contributed by atoms with van der Waals surface area (Å²) in [4.78, 5) is 12.2. The summed E-state index contributed by atoms with van der Waals surface area (Å²) >= 11 is 0. The average molecular weight is 398 g/mol. The molecule has 0 spiro atoms. The van der Waals surface area contributed by atoms with Crippen molar-refractivity contribution in [2.75, 3.05) is 26.1 Å². The lowest BCUT2D eigenvalue weighted by molar-refractivity contribution is 0.251. The molecule has 2 N–H and O–H groups in total. The van der Waals surface area contributed by atoms with E-state index in [1.54, 1.807) is 30.0 Å². The molecule has 0 fully saturated rings. The van der Waals surface area contributed by atoms with Crippen LogP contribution in [0.15, 0.2) is 42.5 Å². The highest BCUT2D eigenvalue weighted by Crippen LogP contribution is 2.29. The Morgan fingerprint density at radius 2 is 1.83 bits per heavy atom. The Morgan fingerprint density at radius 1 is 1.07 bits per heavy atom. The van der Waals surface area contributed by atoms with Crippen LogP contribution >= 0.6 is 0 Å². The molecule has 10 heteroatoms. The highest BCUT2D eigenvalue weighted by Gasteiger charge is 2.11. The highest BCUT2D eigenvalue weighted by atomic mass is 16.5. The summed E-state index contributed by atoms with van der Waals surface area (Å²) in [5.74, 6) is 2.34. The van der Waals surface area contributed by atoms with Gasteiger partial charge in [0.15, 0.2) is 17.3 Å². The van der Waals surface area contributed by atoms with E-state index in [4.69, 9.17) is 14.2 Å². The van der Waals surface area contributed by atoms with Crippen molar-refractivity contribution in [3.05, 3.63) is 48.3 Å². The number of tetrazole rings is 1. The zero-order chi connectivity index (χ0) is 20.6. The Kier molecular flexibility index (Phi) is 6.46. The minimum absolute atomic E-state index is 0.138. The van der Waals surface area contributed by atoms with Gasteiger partial charge in [0.25, 0.3) is 0 Å². The number of hydrogen-bond donors (Lipinski definition) is 2. The van der Waals surface area contributed by atoms with Crippen LogP contribution in [0.25, 0.3) is 5.69 Å². The molecule has 1 heterocycles. The monoisotopic (exact) mass is 398 g/mol. The van der Waals surface area contributed by atoms with Crippen molar-refractivity contribution in [2.24, 2.45) is 0 Å². The first-order chi connectivity index (χ1) is 14.1. The van der Waals surface area contributed by atoms with Crippen LogP contribution in [-0.4, -0.2) is 47.1 Å². The number of benzene rings is 2. The summed E-state index contributed by atoms with van der Waals surface area (Å²) in [6.07, 6.45) is 0. The van der Waals surface area contributed by atoms with E-state index in [0.717, 1.165) is 11.4 Å². The molecule has 3 aromatic rings. The predicted octanol–water partition coefficient (Wildman–Crippen LogP) is 2.40. The maximum atomic E-state index is 12.2. The van der Waals surface area contributed by atoms with Gasteiger partial charge < -0.3 is 24.8 Å². The Labute approximate surface area is 167 Å². The van der Waals surface area contributed by atoms with Crippen molar-refractivity contribution in [3.8, 4) is 22.9 Å². The zero-order valence-corrected chi connectivity index (χ0v) is 16.4. The summed E-state index contributed by atoms with van der Waals surface area (Å²) < 4.78 is 17.4. The maximum absolute atomic E-state index is 12.2. The molecule has 2 aromatic carbocycles. The molecule has 0 saturated carbocycles. The second-order valence-corrected chi connectivity index (χ2v) is 5.81. The van der Waals surface area contributed by atoms with E-state index in [1.165, 1.54) is 7.11 Å².